The van der Waals surface area contributed by atoms with E-state index in [1.807, 2.05) is 0 Å². The molecule has 0 fully saturated rings. The first kappa shape index (κ1) is 16.3. The molecule has 0 aliphatic carbocycles. The molecule has 0 aromatic heterocycles. The van der Waals surface area contributed by atoms with Crippen LogP contribution in [0, 0.1) is 5.92 Å². The fourth-order valence-electron chi connectivity index (χ4n) is 1.57. The molecule has 0 unspecified atom stereocenters. The lowest BCUT2D eigenvalue weighted by atomic mass is 10.1. The molecule has 0 aliphatic heterocycles. The molecule has 0 saturated carbocycles. The average Bonchev–Trinajstić information content (AvgIpc) is 2.37. The first-order valence-electron chi connectivity index (χ1n) is 6.36. The van der Waals surface area contributed by atoms with Crippen molar-refractivity contribution in [3.63, 3.8) is 0 Å². The molecule has 0 bridgehead atoms. The van der Waals surface area contributed by atoms with E-state index in [9.17, 15) is 9.59 Å². The Balaban J connectivity index is 2.77. The van der Waals surface area contributed by atoms with Crippen molar-refractivity contribution in [1.82, 2.24) is 4.90 Å². The van der Waals surface area contributed by atoms with E-state index in [1.165, 1.54) is 23.1 Å². The van der Waals surface area contributed by atoms with Crippen molar-refractivity contribution >= 4 is 29.3 Å². The molecule has 2 N–H and O–H groups in total. The number of amides is 2. The third-order valence-electron chi connectivity index (χ3n) is 2.84. The monoisotopic (exact) mass is 298 g/mol. The second-order valence-electron chi connectivity index (χ2n) is 5.03. The van der Waals surface area contributed by atoms with Gasteiger partial charge in [-0.2, -0.15) is 0 Å². The van der Waals surface area contributed by atoms with Gasteiger partial charge < -0.3 is 15.3 Å². The predicted molar refractivity (Wildman–Crippen MR) is 79.5 cm³/mol. The van der Waals surface area contributed by atoms with Gasteiger partial charge in [0.15, 0.2) is 0 Å². The highest BCUT2D eigenvalue weighted by Crippen LogP contribution is 2.21. The van der Waals surface area contributed by atoms with Gasteiger partial charge in [0.05, 0.1) is 11.3 Å². The minimum Gasteiger partial charge on any atom is -0.478 e. The molecule has 1 rings (SSSR count). The minimum absolute atomic E-state index is 0.0249. The highest BCUT2D eigenvalue weighted by molar-refractivity contribution is 6.31. The summed E-state index contributed by atoms with van der Waals surface area (Å²) in [5.41, 5.74) is 0.214. The third kappa shape index (κ3) is 4.74. The molecule has 1 aromatic carbocycles. The van der Waals surface area contributed by atoms with E-state index in [4.69, 9.17) is 16.7 Å². The SMILES string of the molecule is CC(C)CCN(C)C(=O)Nc1ccc(Cl)cc1C(=O)O. The van der Waals surface area contributed by atoms with Crippen LogP contribution in [0.2, 0.25) is 5.02 Å². The number of carboxylic acids is 1. The number of anilines is 1. The highest BCUT2D eigenvalue weighted by Gasteiger charge is 2.15. The maximum Gasteiger partial charge on any atom is 0.337 e. The van der Waals surface area contributed by atoms with Crippen LogP contribution in [0.15, 0.2) is 18.2 Å². The zero-order valence-electron chi connectivity index (χ0n) is 11.8. The Labute approximate surface area is 123 Å². The lowest BCUT2D eigenvalue weighted by Crippen LogP contribution is -2.33. The van der Waals surface area contributed by atoms with Gasteiger partial charge in [0.2, 0.25) is 0 Å². The van der Waals surface area contributed by atoms with Gasteiger partial charge in [-0.3, -0.25) is 0 Å². The summed E-state index contributed by atoms with van der Waals surface area (Å²) in [6, 6.07) is 4.00. The molecule has 2 amide bonds. The van der Waals surface area contributed by atoms with Crippen molar-refractivity contribution in [3.8, 4) is 0 Å². The zero-order valence-corrected chi connectivity index (χ0v) is 12.6. The molecule has 0 spiro atoms. The van der Waals surface area contributed by atoms with Crippen molar-refractivity contribution in [3.05, 3.63) is 28.8 Å². The number of halogens is 1. The average molecular weight is 299 g/mol. The molecule has 1 aromatic rings. The number of carboxylic acid groups (broad SMARTS) is 1. The number of nitrogens with zero attached hydrogens (tertiary/aromatic N) is 1. The van der Waals surface area contributed by atoms with E-state index < -0.39 is 5.97 Å². The normalized spacial score (nSPS) is 10.4. The molecular formula is C14H19ClN2O3. The Hall–Kier alpha value is -1.75. The lowest BCUT2D eigenvalue weighted by Gasteiger charge is -2.19. The summed E-state index contributed by atoms with van der Waals surface area (Å²) in [7, 11) is 1.67. The molecular weight excluding hydrogens is 280 g/mol. The number of urea groups is 1. The van der Waals surface area contributed by atoms with E-state index in [2.05, 4.69) is 19.2 Å². The molecule has 110 valence electrons. The van der Waals surface area contributed by atoms with Gasteiger partial charge in [-0.05, 0) is 30.5 Å². The molecule has 0 radical (unpaired) electrons. The van der Waals surface area contributed by atoms with E-state index >= 15 is 0 Å². The third-order valence-corrected chi connectivity index (χ3v) is 3.08. The fourth-order valence-corrected chi connectivity index (χ4v) is 1.74. The van der Waals surface area contributed by atoms with E-state index in [1.54, 1.807) is 7.05 Å². The molecule has 6 heteroatoms. The van der Waals surface area contributed by atoms with Gasteiger partial charge in [0.1, 0.15) is 0 Å². The Morgan fingerprint density at radius 3 is 2.60 bits per heavy atom. The molecule has 0 heterocycles. The number of hydrogen-bond donors (Lipinski definition) is 2. The van der Waals surface area contributed by atoms with Gasteiger partial charge >= 0.3 is 12.0 Å². The molecule has 5 nitrogen and oxygen atoms in total. The standard InChI is InChI=1S/C14H19ClN2O3/c1-9(2)6-7-17(3)14(20)16-12-5-4-10(15)8-11(12)13(18)19/h4-5,8-9H,6-7H2,1-3H3,(H,16,20)(H,18,19). The van der Waals surface area contributed by atoms with Gasteiger partial charge in [-0.1, -0.05) is 25.4 Å². The van der Waals surface area contributed by atoms with Crippen molar-refractivity contribution in [2.24, 2.45) is 5.92 Å². The van der Waals surface area contributed by atoms with Crippen LogP contribution in [0.4, 0.5) is 10.5 Å². The van der Waals surface area contributed by atoms with Crippen LogP contribution in [0.3, 0.4) is 0 Å². The molecule has 0 atom stereocenters. The van der Waals surface area contributed by atoms with Crippen LogP contribution in [-0.2, 0) is 0 Å². The number of carbonyl (C=O) groups is 2. The quantitative estimate of drug-likeness (QED) is 0.873. The Kier molecular flexibility index (Phi) is 5.82. The van der Waals surface area contributed by atoms with E-state index in [0.717, 1.165) is 6.42 Å². The number of hydrogen-bond acceptors (Lipinski definition) is 2. The largest absolute Gasteiger partial charge is 0.478 e. The van der Waals surface area contributed by atoms with Crippen molar-refractivity contribution < 1.29 is 14.7 Å². The summed E-state index contributed by atoms with van der Waals surface area (Å²) < 4.78 is 0. The van der Waals surface area contributed by atoms with Gasteiger partial charge in [0, 0.05) is 18.6 Å². The minimum atomic E-state index is -1.13. The summed E-state index contributed by atoms with van der Waals surface area (Å²) in [6.45, 7) is 4.76. The summed E-state index contributed by atoms with van der Waals surface area (Å²) in [5, 5.41) is 12.0. The second-order valence-corrected chi connectivity index (χ2v) is 5.47. The zero-order chi connectivity index (χ0) is 15.3. The lowest BCUT2D eigenvalue weighted by molar-refractivity contribution is 0.0698. The van der Waals surface area contributed by atoms with Crippen LogP contribution < -0.4 is 5.32 Å². The molecule has 0 aliphatic rings. The Morgan fingerprint density at radius 1 is 1.40 bits per heavy atom. The molecule has 0 saturated heterocycles. The number of aromatic carboxylic acids is 1. The topological polar surface area (TPSA) is 69.6 Å². The highest BCUT2D eigenvalue weighted by atomic mass is 35.5. The summed E-state index contributed by atoms with van der Waals surface area (Å²) in [6.07, 6.45) is 0.885. The van der Waals surface area contributed by atoms with Crippen molar-refractivity contribution in [1.29, 1.82) is 0 Å². The van der Waals surface area contributed by atoms with Crippen LogP contribution in [0.25, 0.3) is 0 Å². The van der Waals surface area contributed by atoms with Crippen LogP contribution in [0.1, 0.15) is 30.6 Å². The van der Waals surface area contributed by atoms with Crippen LogP contribution >= 0.6 is 11.6 Å². The maximum atomic E-state index is 12.0. The van der Waals surface area contributed by atoms with E-state index in [-0.39, 0.29) is 17.3 Å². The predicted octanol–water partition coefficient (Wildman–Crippen LogP) is 3.55. The maximum absolute atomic E-state index is 12.0. The fraction of sp³-hybridized carbons (Fsp3) is 0.429. The number of carbonyl (C=O) groups excluding carboxylic acids is 1. The van der Waals surface area contributed by atoms with Crippen molar-refractivity contribution in [2.45, 2.75) is 20.3 Å². The number of benzene rings is 1. The number of nitrogens with one attached hydrogen (secondary N) is 1. The van der Waals surface area contributed by atoms with Crippen LogP contribution in [-0.4, -0.2) is 35.6 Å². The summed E-state index contributed by atoms with van der Waals surface area (Å²) >= 11 is 5.76. The first-order valence-corrected chi connectivity index (χ1v) is 6.74. The van der Waals surface area contributed by atoms with Crippen molar-refractivity contribution in [2.75, 3.05) is 18.9 Å². The van der Waals surface area contributed by atoms with Gasteiger partial charge in [0.25, 0.3) is 0 Å². The van der Waals surface area contributed by atoms with Crippen LogP contribution in [0.5, 0.6) is 0 Å². The Bertz CT molecular complexity index is 503. The first-order chi connectivity index (χ1) is 9.31. The Morgan fingerprint density at radius 2 is 2.05 bits per heavy atom. The van der Waals surface area contributed by atoms with Gasteiger partial charge in [-0.25, -0.2) is 9.59 Å². The summed E-state index contributed by atoms with van der Waals surface area (Å²) in [5.74, 6) is -0.636. The smallest absolute Gasteiger partial charge is 0.337 e. The van der Waals surface area contributed by atoms with E-state index in [0.29, 0.717) is 17.5 Å². The second kappa shape index (κ2) is 7.14. The molecule has 20 heavy (non-hydrogen) atoms. The van der Waals surface area contributed by atoms with Gasteiger partial charge in [-0.15, -0.1) is 0 Å². The number of rotatable bonds is 5. The summed E-state index contributed by atoms with van der Waals surface area (Å²) in [4.78, 5) is 24.6.